The molecule has 2 heterocycles. The van der Waals surface area contributed by atoms with Crippen LogP contribution in [0.25, 0.3) is 65.2 Å². The molecule has 7 rings (SSSR count). The first-order valence-corrected chi connectivity index (χ1v) is 10.3. The molecule has 0 amide bonds. The number of hydrogen-bond acceptors (Lipinski definition) is 6. The van der Waals surface area contributed by atoms with Gasteiger partial charge in [-0.3, -0.25) is 0 Å². The van der Waals surface area contributed by atoms with Crippen LogP contribution in [0.2, 0.25) is 0 Å². The van der Waals surface area contributed by atoms with Gasteiger partial charge in [0.25, 0.3) is 0 Å². The van der Waals surface area contributed by atoms with Crippen LogP contribution in [-0.2, 0) is 0 Å². The molecule has 8 heteroatoms. The molecule has 0 saturated heterocycles. The largest absolute Gasteiger partial charge is 0.342 e. The van der Waals surface area contributed by atoms with Gasteiger partial charge in [0.2, 0.25) is 0 Å². The van der Waals surface area contributed by atoms with E-state index in [4.69, 9.17) is 0 Å². The van der Waals surface area contributed by atoms with Gasteiger partial charge >= 0.3 is 0 Å². The lowest BCUT2D eigenvalue weighted by atomic mass is 9.96. The fraction of sp³-hybridized carbons (Fsp3) is 0. The third kappa shape index (κ3) is 1.89. The zero-order valence-electron chi connectivity index (χ0n) is 17.1. The summed E-state index contributed by atoms with van der Waals surface area (Å²) in [7, 11) is 0. The van der Waals surface area contributed by atoms with Crippen molar-refractivity contribution >= 4 is 65.2 Å². The maximum absolute atomic E-state index is 9.58. The number of rotatable bonds is 0. The van der Waals surface area contributed by atoms with Crippen molar-refractivity contribution in [2.24, 2.45) is 0 Å². The Bertz CT molecular complexity index is 2060. The van der Waals surface area contributed by atoms with E-state index in [-0.39, 0.29) is 22.8 Å². The van der Waals surface area contributed by atoms with E-state index >= 15 is 0 Å². The van der Waals surface area contributed by atoms with E-state index < -0.39 is 0 Å². The summed E-state index contributed by atoms with van der Waals surface area (Å²) in [6.45, 7) is 0. The molecule has 0 aliphatic heterocycles. The van der Waals surface area contributed by atoms with Crippen molar-refractivity contribution in [3.8, 4) is 24.3 Å². The van der Waals surface area contributed by atoms with E-state index in [1.807, 2.05) is 60.7 Å². The monoisotopic (exact) mass is 432 g/mol. The number of nitriles is 4. The highest BCUT2D eigenvalue weighted by atomic mass is 14.8. The van der Waals surface area contributed by atoms with Crippen molar-refractivity contribution in [1.29, 1.82) is 21.0 Å². The normalized spacial score (nSPS) is 11.4. The highest BCUT2D eigenvalue weighted by Gasteiger charge is 2.24. The minimum atomic E-state index is 0.0499. The molecule has 2 N–H and O–H groups in total. The van der Waals surface area contributed by atoms with Crippen molar-refractivity contribution in [3.05, 3.63) is 59.2 Å². The maximum Gasteiger partial charge on any atom is 0.175 e. The standard InChI is InChI=1S/C26H8N8/c27-7-15-17(9-29)34-26-22-12-4-2-6-14-20(12)21(11-3-1-5-13(19(11)22)23(26)31-15)25-24(14)32-16(8-28)18(10-30)33-25/h1-6,33-34H. The highest BCUT2D eigenvalue weighted by molar-refractivity contribution is 6.46. The molecule has 0 aliphatic carbocycles. The Hall–Kier alpha value is -5.70. The number of H-pyrrole nitrogens is 2. The van der Waals surface area contributed by atoms with Gasteiger partial charge in [-0.15, -0.1) is 0 Å². The van der Waals surface area contributed by atoms with E-state index in [1.165, 1.54) is 0 Å². The zero-order chi connectivity index (χ0) is 23.1. The Morgan fingerprint density at radius 3 is 1.32 bits per heavy atom. The SMILES string of the molecule is N#Cc1nc2c3cccc4c3c(c3cccc5c6nc(C#N)c(C#N)[nH]c6c4c53)c2[nH]c1C#N. The van der Waals surface area contributed by atoms with Crippen LogP contribution >= 0.6 is 0 Å². The average molecular weight is 432 g/mol. The molecule has 8 nitrogen and oxygen atoms in total. The first-order chi connectivity index (χ1) is 16.7. The van der Waals surface area contributed by atoms with Crippen molar-refractivity contribution in [3.63, 3.8) is 0 Å². The predicted molar refractivity (Wildman–Crippen MR) is 126 cm³/mol. The number of benzene rings is 3. The van der Waals surface area contributed by atoms with Gasteiger partial charge in [0.1, 0.15) is 24.3 Å². The average Bonchev–Trinajstić information content (AvgIpc) is 3.39. The molecule has 0 fully saturated rings. The third-order valence-electron chi connectivity index (χ3n) is 6.51. The second-order valence-corrected chi connectivity index (χ2v) is 8.02. The van der Waals surface area contributed by atoms with Gasteiger partial charge in [0.15, 0.2) is 22.8 Å². The number of fused-ring (bicyclic) bond motifs is 8. The van der Waals surface area contributed by atoms with Crippen molar-refractivity contribution in [1.82, 2.24) is 19.9 Å². The minimum Gasteiger partial charge on any atom is -0.342 e. The lowest BCUT2D eigenvalue weighted by Crippen LogP contribution is -1.93. The van der Waals surface area contributed by atoms with E-state index in [1.54, 1.807) is 0 Å². The van der Waals surface area contributed by atoms with E-state index in [9.17, 15) is 21.0 Å². The lowest BCUT2D eigenvalue weighted by molar-refractivity contribution is 1.21. The van der Waals surface area contributed by atoms with Crippen LogP contribution in [0.5, 0.6) is 0 Å². The molecule has 2 aromatic heterocycles. The van der Waals surface area contributed by atoms with Gasteiger partial charge < -0.3 is 9.97 Å². The summed E-state index contributed by atoms with van der Waals surface area (Å²) < 4.78 is 0. The second-order valence-electron chi connectivity index (χ2n) is 8.02. The summed E-state index contributed by atoms with van der Waals surface area (Å²) in [5.41, 5.74) is 2.95. The van der Waals surface area contributed by atoms with E-state index in [0.717, 1.165) is 43.1 Å². The molecule has 0 radical (unpaired) electrons. The molecular formula is C26H8N8. The zero-order valence-corrected chi connectivity index (χ0v) is 17.1. The first-order valence-electron chi connectivity index (χ1n) is 10.3. The highest BCUT2D eigenvalue weighted by Crippen LogP contribution is 2.48. The molecule has 152 valence electrons. The Kier molecular flexibility index (Phi) is 3.14. The van der Waals surface area contributed by atoms with Crippen LogP contribution in [0.4, 0.5) is 0 Å². The molecule has 0 saturated carbocycles. The van der Waals surface area contributed by atoms with Crippen molar-refractivity contribution in [2.75, 3.05) is 0 Å². The lowest BCUT2D eigenvalue weighted by Gasteiger charge is -2.07. The summed E-state index contributed by atoms with van der Waals surface area (Å²) in [6, 6.07) is 19.8. The first kappa shape index (κ1) is 17.9. The van der Waals surface area contributed by atoms with Gasteiger partial charge in [-0.05, 0) is 10.8 Å². The molecule has 5 aromatic carbocycles. The van der Waals surface area contributed by atoms with Crippen LogP contribution in [0.3, 0.4) is 0 Å². The van der Waals surface area contributed by atoms with Gasteiger partial charge in [-0.2, -0.15) is 21.0 Å². The summed E-state index contributed by atoms with van der Waals surface area (Å²) in [5.74, 6) is 0. The summed E-state index contributed by atoms with van der Waals surface area (Å²) in [4.78, 5) is 15.4. The third-order valence-corrected chi connectivity index (χ3v) is 6.51. The van der Waals surface area contributed by atoms with Crippen LogP contribution in [0.15, 0.2) is 36.4 Å². The number of aromatic amines is 2. The smallest absolute Gasteiger partial charge is 0.175 e. The Labute approximate surface area is 189 Å². The molecule has 0 atom stereocenters. The Morgan fingerprint density at radius 2 is 0.941 bits per heavy atom. The molecule has 0 spiro atoms. The summed E-state index contributed by atoms with van der Waals surface area (Å²) in [5, 5.41) is 45.5. The summed E-state index contributed by atoms with van der Waals surface area (Å²) >= 11 is 0. The van der Waals surface area contributed by atoms with Gasteiger partial charge in [-0.1, -0.05) is 36.4 Å². The maximum atomic E-state index is 9.58. The van der Waals surface area contributed by atoms with Crippen molar-refractivity contribution in [2.45, 2.75) is 0 Å². The number of hydrogen-bond donors (Lipinski definition) is 2. The van der Waals surface area contributed by atoms with Crippen LogP contribution in [-0.4, -0.2) is 19.9 Å². The fourth-order valence-electron chi connectivity index (χ4n) is 5.25. The number of nitrogens with one attached hydrogen (secondary N) is 2. The van der Waals surface area contributed by atoms with E-state index in [2.05, 4.69) is 19.9 Å². The van der Waals surface area contributed by atoms with E-state index in [0.29, 0.717) is 22.1 Å². The topological polar surface area (TPSA) is 153 Å². The number of nitrogens with zero attached hydrogens (tertiary/aromatic N) is 6. The van der Waals surface area contributed by atoms with Crippen LogP contribution < -0.4 is 0 Å². The van der Waals surface area contributed by atoms with Crippen LogP contribution in [0, 0.1) is 45.3 Å². The Morgan fingerprint density at radius 1 is 0.529 bits per heavy atom. The van der Waals surface area contributed by atoms with Crippen LogP contribution in [0.1, 0.15) is 22.8 Å². The molecule has 0 aliphatic rings. The van der Waals surface area contributed by atoms with Crippen molar-refractivity contribution < 1.29 is 0 Å². The number of aromatic nitrogens is 4. The quantitative estimate of drug-likeness (QED) is 0.322. The minimum absolute atomic E-state index is 0.0499. The molecular weight excluding hydrogens is 424 g/mol. The van der Waals surface area contributed by atoms with Gasteiger partial charge in [0, 0.05) is 32.3 Å². The molecule has 34 heavy (non-hydrogen) atoms. The van der Waals surface area contributed by atoms with Gasteiger partial charge in [-0.25, -0.2) is 9.97 Å². The summed E-state index contributed by atoms with van der Waals surface area (Å²) in [6.07, 6.45) is 0. The molecule has 0 unspecified atom stereocenters. The predicted octanol–water partition coefficient (Wildman–Crippen LogP) is 4.98. The Balaban J connectivity index is 1.87. The fourth-order valence-corrected chi connectivity index (χ4v) is 5.25. The molecule has 7 aromatic rings. The molecule has 0 bridgehead atoms. The van der Waals surface area contributed by atoms with Gasteiger partial charge in [0.05, 0.1) is 22.1 Å². The second kappa shape index (κ2) is 5.96.